The maximum atomic E-state index is 14.6. The van der Waals surface area contributed by atoms with E-state index in [4.69, 9.17) is 5.73 Å². The van der Waals surface area contributed by atoms with Gasteiger partial charge in [0.1, 0.15) is 42.0 Å². The highest BCUT2D eigenvalue weighted by atomic mass is 32.1. The number of phenols is 1. The molecule has 1 aromatic heterocycles. The third kappa shape index (κ3) is 12.6. The van der Waals surface area contributed by atoms with Crippen LogP contribution < -0.4 is 32.3 Å². The Morgan fingerprint density at radius 2 is 1.25 bits per heavy atom. The molecular weight excluding hydrogens is 797 g/mol. The van der Waals surface area contributed by atoms with Crippen LogP contribution >= 0.6 is 12.6 Å². The molecule has 3 aromatic carbocycles. The summed E-state index contributed by atoms with van der Waals surface area (Å²) in [4.78, 5) is 90.8. The lowest BCUT2D eigenvalue weighted by Crippen LogP contribution is -2.62. The number of nitrogens with one attached hydrogen (secondary N) is 6. The number of H-pyrrole nitrogens is 1. The van der Waals surface area contributed by atoms with Crippen molar-refractivity contribution in [3.8, 4) is 5.75 Å². The zero-order valence-corrected chi connectivity index (χ0v) is 35.8. The van der Waals surface area contributed by atoms with Crippen LogP contribution in [0.4, 0.5) is 0 Å². The number of phenolic OH excluding ortho intramolecular Hbond substituents is 1. The number of benzene rings is 3. The number of aromatic nitrogens is 1. The number of hydrogen-bond donors (Lipinski definition) is 9. The lowest BCUT2D eigenvalue weighted by atomic mass is 9.98. The number of carbonyl (C=O) groups excluding carboxylic acids is 6. The van der Waals surface area contributed by atoms with Crippen molar-refractivity contribution < 1.29 is 33.9 Å². The van der Waals surface area contributed by atoms with Crippen LogP contribution in [0.2, 0.25) is 0 Å². The summed E-state index contributed by atoms with van der Waals surface area (Å²) in [5.74, 6) is -4.03. The molecule has 0 radical (unpaired) electrons. The number of fused-ring (bicyclic) bond motifs is 1. The molecule has 1 fully saturated rings. The van der Waals surface area contributed by atoms with Crippen molar-refractivity contribution in [2.45, 2.75) is 95.0 Å². The van der Waals surface area contributed by atoms with Gasteiger partial charge in [-0.15, -0.1) is 0 Å². The third-order valence-electron chi connectivity index (χ3n) is 11.0. The summed E-state index contributed by atoms with van der Waals surface area (Å²) in [6.45, 7) is 3.86. The average Bonchev–Trinajstić information content (AvgIpc) is 3.66. The van der Waals surface area contributed by atoms with Crippen molar-refractivity contribution in [1.82, 2.24) is 36.5 Å². The highest BCUT2D eigenvalue weighted by molar-refractivity contribution is 7.80. The van der Waals surface area contributed by atoms with Crippen molar-refractivity contribution in [3.05, 3.63) is 102 Å². The molecule has 2 heterocycles. The summed E-state index contributed by atoms with van der Waals surface area (Å²) in [5.41, 5.74) is 8.65. The highest BCUT2D eigenvalue weighted by Crippen LogP contribution is 2.21. The number of carbonyl (C=O) groups is 6. The van der Waals surface area contributed by atoms with Gasteiger partial charge in [-0.2, -0.15) is 12.6 Å². The number of nitrogens with two attached hydrogens (primary N) is 1. The standard InChI is InChI=1S/C45H58N8O7S/c1-27(2)39-44(59)49-35(20-22-61)45(60)53(3)38(24-28-11-5-4-6-12-28)43(58)51-36(23-29-16-18-31(54)19-17-29)41(56)50-37(25-30-26-47-33-14-8-7-13-32(30)33)42(57)48-34(40(55)52-39)15-9-10-21-46/h4-8,11-14,16-19,26-27,34-39,47,54,61H,9-10,15,20-25,46H2,1-3H3,(H,48,57)(H,49,59)(H,50,56)(H,51,58)(H,52,55)/t34-,35-,36-,37-,38+,39-/m0/s1. The molecule has 1 aliphatic rings. The molecule has 0 saturated carbocycles. The van der Waals surface area contributed by atoms with Gasteiger partial charge in [-0.05, 0) is 78.8 Å². The maximum absolute atomic E-state index is 14.6. The third-order valence-corrected chi connectivity index (χ3v) is 11.2. The minimum absolute atomic E-state index is 0.00750. The molecule has 6 atom stereocenters. The number of para-hydroxylation sites is 1. The van der Waals surface area contributed by atoms with Crippen LogP contribution in [-0.4, -0.2) is 106 Å². The molecule has 0 bridgehead atoms. The Bertz CT molecular complexity index is 2130. The van der Waals surface area contributed by atoms with Crippen LogP contribution in [0.15, 0.2) is 85.1 Å². The number of likely N-dealkylation sites (N-methyl/N-ethyl adjacent to an activating group) is 1. The zero-order chi connectivity index (χ0) is 44.1. The number of amides is 6. The number of nitrogens with zero attached hydrogens (tertiary/aromatic N) is 1. The van der Waals surface area contributed by atoms with E-state index in [2.05, 4.69) is 44.2 Å². The van der Waals surface area contributed by atoms with Gasteiger partial charge in [0.15, 0.2) is 0 Å². The fourth-order valence-electron chi connectivity index (χ4n) is 7.46. The van der Waals surface area contributed by atoms with E-state index in [9.17, 15) is 33.9 Å². The minimum Gasteiger partial charge on any atom is -0.508 e. The molecule has 61 heavy (non-hydrogen) atoms. The molecule has 326 valence electrons. The van der Waals surface area contributed by atoms with Crippen LogP contribution in [0, 0.1) is 5.92 Å². The number of unbranched alkanes of at least 4 members (excludes halogenated alkanes) is 1. The summed E-state index contributed by atoms with van der Waals surface area (Å²) in [7, 11) is 1.47. The lowest BCUT2D eigenvalue weighted by molar-refractivity contribution is -0.143. The summed E-state index contributed by atoms with van der Waals surface area (Å²) in [5, 5.41) is 25.1. The fraction of sp³-hybridized carbons (Fsp3) is 0.422. The Balaban J connectivity index is 1.61. The second-order valence-electron chi connectivity index (χ2n) is 15.9. The van der Waals surface area contributed by atoms with Gasteiger partial charge in [0.2, 0.25) is 35.4 Å². The van der Waals surface area contributed by atoms with Gasteiger partial charge in [-0.25, -0.2) is 0 Å². The summed E-state index contributed by atoms with van der Waals surface area (Å²) in [6.07, 6.45) is 3.11. The van der Waals surface area contributed by atoms with Crippen LogP contribution in [0.5, 0.6) is 5.75 Å². The van der Waals surface area contributed by atoms with Gasteiger partial charge in [-0.1, -0.05) is 74.5 Å². The summed E-state index contributed by atoms with van der Waals surface area (Å²) < 4.78 is 0. The predicted octanol–water partition coefficient (Wildman–Crippen LogP) is 2.27. The fourth-order valence-corrected chi connectivity index (χ4v) is 7.72. The molecule has 6 amide bonds. The van der Waals surface area contributed by atoms with Crippen molar-refractivity contribution in [1.29, 1.82) is 0 Å². The molecule has 15 nitrogen and oxygen atoms in total. The van der Waals surface area contributed by atoms with E-state index in [0.717, 1.165) is 22.0 Å². The maximum Gasteiger partial charge on any atom is 0.245 e. The number of hydrogen-bond acceptors (Lipinski definition) is 9. The van der Waals surface area contributed by atoms with Crippen LogP contribution in [0.25, 0.3) is 10.9 Å². The molecule has 16 heteroatoms. The molecular formula is C45H58N8O7S. The summed E-state index contributed by atoms with van der Waals surface area (Å²) in [6, 6.07) is 15.7. The second-order valence-corrected chi connectivity index (χ2v) is 16.3. The normalized spacial score (nSPS) is 22.5. The molecule has 0 aliphatic carbocycles. The smallest absolute Gasteiger partial charge is 0.245 e. The van der Waals surface area contributed by atoms with Crippen molar-refractivity contribution >= 4 is 59.0 Å². The number of rotatable bonds is 13. The van der Waals surface area contributed by atoms with E-state index in [1.54, 1.807) is 32.2 Å². The van der Waals surface area contributed by atoms with Gasteiger partial charge in [0, 0.05) is 43.4 Å². The van der Waals surface area contributed by atoms with Gasteiger partial charge >= 0.3 is 0 Å². The second kappa shape index (κ2) is 22.1. The SMILES string of the molecule is CC(C)[C@@H]1NC(=O)[C@H](CCCCN)NC(=O)[C@H](Cc2c[nH]c3ccccc23)NC(=O)[C@H](Cc2ccc(O)cc2)NC(=O)[C@@H](Cc2ccccc2)N(C)C(=O)[C@H](CCS)NC1=O. The van der Waals surface area contributed by atoms with E-state index in [1.807, 2.05) is 54.6 Å². The number of aromatic hydroxyl groups is 1. The first-order valence-corrected chi connectivity index (χ1v) is 21.4. The first-order valence-electron chi connectivity index (χ1n) is 20.8. The molecule has 4 aromatic rings. The monoisotopic (exact) mass is 854 g/mol. The van der Waals surface area contributed by atoms with Gasteiger partial charge in [0.25, 0.3) is 0 Å². The first kappa shape index (κ1) is 46.2. The predicted molar refractivity (Wildman–Crippen MR) is 236 cm³/mol. The van der Waals surface area contributed by atoms with Gasteiger partial charge < -0.3 is 47.3 Å². The Morgan fingerprint density at radius 3 is 1.92 bits per heavy atom. The molecule has 9 N–H and O–H groups in total. The Morgan fingerprint density at radius 1 is 0.656 bits per heavy atom. The lowest BCUT2D eigenvalue weighted by Gasteiger charge is -2.33. The van der Waals surface area contributed by atoms with E-state index >= 15 is 0 Å². The topological polar surface area (TPSA) is 228 Å². The first-order chi connectivity index (χ1) is 29.3. The van der Waals surface area contributed by atoms with Crippen LogP contribution in [-0.2, 0) is 48.0 Å². The quantitative estimate of drug-likeness (QED) is 0.0715. The van der Waals surface area contributed by atoms with Crippen LogP contribution in [0.1, 0.15) is 56.2 Å². The molecule has 1 saturated heterocycles. The highest BCUT2D eigenvalue weighted by Gasteiger charge is 2.38. The van der Waals surface area contributed by atoms with E-state index < -0.39 is 77.6 Å². The van der Waals surface area contributed by atoms with Gasteiger partial charge in [0.05, 0.1) is 0 Å². The van der Waals surface area contributed by atoms with Crippen molar-refractivity contribution in [2.24, 2.45) is 11.7 Å². The molecule has 1 aliphatic heterocycles. The van der Waals surface area contributed by atoms with Crippen molar-refractivity contribution in [3.63, 3.8) is 0 Å². The van der Waals surface area contributed by atoms with Gasteiger partial charge in [-0.3, -0.25) is 28.8 Å². The zero-order valence-electron chi connectivity index (χ0n) is 34.9. The van der Waals surface area contributed by atoms with E-state index in [1.165, 1.54) is 24.1 Å². The largest absolute Gasteiger partial charge is 0.508 e. The number of thiol groups is 1. The average molecular weight is 855 g/mol. The summed E-state index contributed by atoms with van der Waals surface area (Å²) >= 11 is 4.36. The van der Waals surface area contributed by atoms with Crippen LogP contribution in [0.3, 0.4) is 0 Å². The number of aromatic amines is 1. The molecule has 0 unspecified atom stereocenters. The minimum atomic E-state index is -1.28. The van der Waals surface area contributed by atoms with E-state index in [-0.39, 0.29) is 43.6 Å². The Kier molecular flexibility index (Phi) is 16.7. The Labute approximate surface area is 361 Å². The molecule has 0 spiro atoms. The van der Waals surface area contributed by atoms with Crippen molar-refractivity contribution in [2.75, 3.05) is 19.3 Å². The molecule has 5 rings (SSSR count). The Hall–Kier alpha value is -5.87. The van der Waals surface area contributed by atoms with E-state index in [0.29, 0.717) is 24.9 Å².